The largest absolute Gasteiger partial charge is 0.338 e. The number of carbonyl (C=O) groups is 1. The van der Waals surface area contributed by atoms with Gasteiger partial charge in [0, 0.05) is 43.0 Å². The van der Waals surface area contributed by atoms with E-state index >= 15 is 0 Å². The summed E-state index contributed by atoms with van der Waals surface area (Å²) in [6.45, 7) is 6.94. The lowest BCUT2D eigenvalue weighted by Crippen LogP contribution is -2.49. The molecular formula is C28H32N6O. The molecule has 1 aliphatic carbocycles. The Morgan fingerprint density at radius 2 is 1.66 bits per heavy atom. The Balaban J connectivity index is 1.35. The van der Waals surface area contributed by atoms with Gasteiger partial charge in [-0.2, -0.15) is 0 Å². The lowest BCUT2D eigenvalue weighted by atomic mass is 9.89. The molecule has 6 rings (SSSR count). The molecule has 1 amide bonds. The van der Waals surface area contributed by atoms with Crippen molar-refractivity contribution in [3.63, 3.8) is 0 Å². The molecule has 2 aromatic carbocycles. The predicted octanol–water partition coefficient (Wildman–Crippen LogP) is 4.90. The van der Waals surface area contributed by atoms with E-state index in [1.807, 2.05) is 36.1 Å². The van der Waals surface area contributed by atoms with E-state index in [0.29, 0.717) is 19.0 Å². The van der Waals surface area contributed by atoms with Crippen LogP contribution in [0.15, 0.2) is 42.5 Å². The number of carbonyl (C=O) groups excluding carboxylic acids is 1. The van der Waals surface area contributed by atoms with E-state index < -0.39 is 0 Å². The lowest BCUT2D eigenvalue weighted by molar-refractivity contribution is 0.0746. The topological polar surface area (TPSA) is 66.6 Å². The first-order chi connectivity index (χ1) is 17.1. The second-order valence-corrected chi connectivity index (χ2v) is 10.1. The number of anilines is 1. The smallest absolute Gasteiger partial charge is 0.253 e. The van der Waals surface area contributed by atoms with Crippen molar-refractivity contribution in [1.29, 1.82) is 0 Å². The van der Waals surface area contributed by atoms with Crippen LogP contribution in [0.3, 0.4) is 0 Å². The van der Waals surface area contributed by atoms with E-state index in [1.165, 1.54) is 24.8 Å². The number of aromatic nitrogens is 4. The maximum atomic E-state index is 13.1. The van der Waals surface area contributed by atoms with Gasteiger partial charge in [0.25, 0.3) is 5.91 Å². The lowest BCUT2D eigenvalue weighted by Gasteiger charge is -2.36. The number of hydrogen-bond acceptors (Lipinski definition) is 5. The summed E-state index contributed by atoms with van der Waals surface area (Å²) in [4.78, 5) is 22.5. The molecule has 2 aromatic heterocycles. The minimum Gasteiger partial charge on any atom is -0.338 e. The highest BCUT2D eigenvalue weighted by Gasteiger charge is 2.28. The van der Waals surface area contributed by atoms with Crippen molar-refractivity contribution < 1.29 is 4.79 Å². The minimum atomic E-state index is 0.104. The van der Waals surface area contributed by atoms with Crippen LogP contribution in [0, 0.1) is 13.8 Å². The molecule has 2 aliphatic rings. The van der Waals surface area contributed by atoms with Crippen molar-refractivity contribution in [3.05, 3.63) is 65.0 Å². The van der Waals surface area contributed by atoms with Gasteiger partial charge >= 0.3 is 0 Å². The first kappa shape index (κ1) is 22.0. The van der Waals surface area contributed by atoms with Crippen LogP contribution in [0.5, 0.6) is 0 Å². The Hall–Kier alpha value is -3.48. The highest BCUT2D eigenvalue weighted by molar-refractivity contribution is 5.95. The second kappa shape index (κ2) is 8.95. The van der Waals surface area contributed by atoms with E-state index in [2.05, 4.69) is 34.4 Å². The number of piperazine rings is 1. The maximum Gasteiger partial charge on any atom is 0.253 e. The van der Waals surface area contributed by atoms with Gasteiger partial charge < -0.3 is 9.80 Å². The predicted molar refractivity (Wildman–Crippen MR) is 138 cm³/mol. The monoisotopic (exact) mass is 468 g/mol. The molecule has 4 aromatic rings. The van der Waals surface area contributed by atoms with Crippen LogP contribution in [0.1, 0.15) is 65.3 Å². The van der Waals surface area contributed by atoms with E-state index in [9.17, 15) is 4.79 Å². The first-order valence-corrected chi connectivity index (χ1v) is 12.8. The fourth-order valence-corrected chi connectivity index (χ4v) is 5.66. The molecule has 3 heterocycles. The Morgan fingerprint density at radius 3 is 2.43 bits per heavy atom. The van der Waals surface area contributed by atoms with Gasteiger partial charge in [0.1, 0.15) is 5.82 Å². The Kier molecular flexibility index (Phi) is 5.63. The zero-order chi connectivity index (χ0) is 23.9. The van der Waals surface area contributed by atoms with Crippen LogP contribution < -0.4 is 4.90 Å². The summed E-state index contributed by atoms with van der Waals surface area (Å²) in [5.41, 5.74) is 4.90. The molecule has 0 N–H and O–H groups in total. The molecule has 1 saturated carbocycles. The summed E-state index contributed by atoms with van der Waals surface area (Å²) in [5, 5.41) is 10.5. The molecule has 0 atom stereocenters. The van der Waals surface area contributed by atoms with E-state index in [-0.39, 0.29) is 5.91 Å². The third kappa shape index (κ3) is 4.03. The van der Waals surface area contributed by atoms with Crippen LogP contribution in [0.4, 0.5) is 5.95 Å². The van der Waals surface area contributed by atoms with Gasteiger partial charge in [-0.3, -0.25) is 4.79 Å². The SMILES string of the molecule is Cc1cccc(C(=O)N2CCN(c3nc4ccc(C)cc4c4nnc(C5CCCCC5)n34)CC2)c1. The van der Waals surface area contributed by atoms with Crippen LogP contribution in [-0.2, 0) is 0 Å². The first-order valence-electron chi connectivity index (χ1n) is 12.8. The molecule has 0 spiro atoms. The van der Waals surface area contributed by atoms with Crippen LogP contribution in [0.2, 0.25) is 0 Å². The number of nitrogens with zero attached hydrogens (tertiary/aromatic N) is 6. The van der Waals surface area contributed by atoms with Gasteiger partial charge in [0.2, 0.25) is 5.95 Å². The molecule has 7 heteroatoms. The summed E-state index contributed by atoms with van der Waals surface area (Å²) in [6, 6.07) is 14.2. The molecule has 1 saturated heterocycles. The summed E-state index contributed by atoms with van der Waals surface area (Å²) in [5.74, 6) is 2.48. The van der Waals surface area contributed by atoms with Gasteiger partial charge in [-0.05, 0) is 51.0 Å². The van der Waals surface area contributed by atoms with E-state index in [4.69, 9.17) is 15.2 Å². The Morgan fingerprint density at radius 1 is 0.886 bits per heavy atom. The summed E-state index contributed by atoms with van der Waals surface area (Å²) in [6.07, 6.45) is 6.11. The Bertz CT molecular complexity index is 1400. The average molecular weight is 469 g/mol. The average Bonchev–Trinajstić information content (AvgIpc) is 3.34. The third-order valence-electron chi connectivity index (χ3n) is 7.59. The number of fused-ring (bicyclic) bond motifs is 3. The number of benzene rings is 2. The van der Waals surface area contributed by atoms with Crippen LogP contribution in [-0.4, -0.2) is 56.6 Å². The Labute approximate surface area is 205 Å². The number of aryl methyl sites for hydroxylation is 2. The van der Waals surface area contributed by atoms with Crippen LogP contribution >= 0.6 is 0 Å². The quantitative estimate of drug-likeness (QED) is 0.428. The minimum absolute atomic E-state index is 0.104. The van der Waals surface area contributed by atoms with Gasteiger partial charge in [0.05, 0.1) is 5.52 Å². The molecule has 0 bridgehead atoms. The fraction of sp³-hybridized carbons (Fsp3) is 0.429. The number of hydrogen-bond donors (Lipinski definition) is 0. The molecule has 0 unspecified atom stereocenters. The fourth-order valence-electron chi connectivity index (χ4n) is 5.66. The normalized spacial score (nSPS) is 17.4. The van der Waals surface area contributed by atoms with Crippen LogP contribution in [0.25, 0.3) is 16.6 Å². The van der Waals surface area contributed by atoms with Crippen molar-refractivity contribution in [2.75, 3.05) is 31.1 Å². The van der Waals surface area contributed by atoms with Gasteiger partial charge in [-0.25, -0.2) is 9.38 Å². The van der Waals surface area contributed by atoms with Crippen molar-refractivity contribution in [2.45, 2.75) is 51.9 Å². The van der Waals surface area contributed by atoms with Gasteiger partial charge in [0.15, 0.2) is 5.65 Å². The molecule has 2 fully saturated rings. The van der Waals surface area contributed by atoms with Gasteiger partial charge in [-0.1, -0.05) is 48.6 Å². The van der Waals surface area contributed by atoms with E-state index in [1.54, 1.807) is 0 Å². The molecule has 1 aliphatic heterocycles. The zero-order valence-corrected chi connectivity index (χ0v) is 20.6. The standard InChI is InChI=1S/C28H32N6O/c1-19-7-6-10-22(17-19)27(35)32-13-15-33(16-14-32)28-29-24-12-11-20(2)18-23(24)26-31-30-25(34(26)28)21-8-4-3-5-9-21/h6-7,10-12,17-18,21H,3-5,8-9,13-16H2,1-2H3. The third-order valence-corrected chi connectivity index (χ3v) is 7.59. The maximum absolute atomic E-state index is 13.1. The number of rotatable bonds is 3. The zero-order valence-electron chi connectivity index (χ0n) is 20.6. The molecule has 35 heavy (non-hydrogen) atoms. The van der Waals surface area contributed by atoms with E-state index in [0.717, 1.165) is 65.4 Å². The van der Waals surface area contributed by atoms with Gasteiger partial charge in [-0.15, -0.1) is 10.2 Å². The number of amides is 1. The molecular weight excluding hydrogens is 436 g/mol. The second-order valence-electron chi connectivity index (χ2n) is 10.1. The van der Waals surface area contributed by atoms with Crippen molar-refractivity contribution in [3.8, 4) is 0 Å². The molecule has 7 nitrogen and oxygen atoms in total. The highest BCUT2D eigenvalue weighted by Crippen LogP contribution is 2.35. The molecule has 0 radical (unpaired) electrons. The summed E-state index contributed by atoms with van der Waals surface area (Å²) < 4.78 is 2.22. The van der Waals surface area contributed by atoms with Crippen molar-refractivity contribution in [2.24, 2.45) is 0 Å². The summed E-state index contributed by atoms with van der Waals surface area (Å²) in [7, 11) is 0. The molecule has 180 valence electrons. The summed E-state index contributed by atoms with van der Waals surface area (Å²) >= 11 is 0. The highest BCUT2D eigenvalue weighted by atomic mass is 16.2. The van der Waals surface area contributed by atoms with Crippen molar-refractivity contribution >= 4 is 28.4 Å². The van der Waals surface area contributed by atoms with Crippen molar-refractivity contribution in [1.82, 2.24) is 24.5 Å².